The summed E-state index contributed by atoms with van der Waals surface area (Å²) in [5.41, 5.74) is 9.49. The molecule has 0 aromatic heterocycles. The van der Waals surface area contributed by atoms with Gasteiger partial charge in [0.2, 0.25) is 0 Å². The number of benzene rings is 3. The van der Waals surface area contributed by atoms with E-state index in [9.17, 15) is 5.26 Å². The van der Waals surface area contributed by atoms with E-state index < -0.39 is 5.41 Å². The first-order valence-electron chi connectivity index (χ1n) is 14.9. The molecule has 0 saturated heterocycles. The Morgan fingerprint density at radius 1 is 0.842 bits per heavy atom. The first-order chi connectivity index (χ1) is 18.5. The highest BCUT2D eigenvalue weighted by molar-refractivity contribution is 5.40. The molecule has 0 bridgehead atoms. The number of nitrogens with zero attached hydrogens (tertiary/aromatic N) is 2. The van der Waals surface area contributed by atoms with Crippen LogP contribution in [0.3, 0.4) is 0 Å². The Hall–Kier alpha value is -2.89. The molecule has 1 aliphatic rings. The number of rotatable bonds is 13. The van der Waals surface area contributed by atoms with Gasteiger partial charge in [0.1, 0.15) is 0 Å². The van der Waals surface area contributed by atoms with Gasteiger partial charge in [-0.05, 0) is 103 Å². The predicted molar refractivity (Wildman–Crippen MR) is 160 cm³/mol. The lowest BCUT2D eigenvalue weighted by atomic mass is 9.69. The van der Waals surface area contributed by atoms with E-state index in [0.29, 0.717) is 0 Å². The molecule has 0 amide bonds. The minimum atomic E-state index is -0.450. The minimum absolute atomic E-state index is 0.263. The lowest BCUT2D eigenvalue weighted by molar-refractivity contribution is 0.246. The van der Waals surface area contributed by atoms with Crippen LogP contribution in [0.15, 0.2) is 66.7 Å². The molecular weight excluding hydrogens is 460 g/mol. The second-order valence-corrected chi connectivity index (χ2v) is 11.5. The van der Waals surface area contributed by atoms with Crippen molar-refractivity contribution in [2.45, 2.75) is 91.0 Å². The maximum absolute atomic E-state index is 10.6. The fourth-order valence-corrected chi connectivity index (χ4v) is 6.35. The van der Waals surface area contributed by atoms with E-state index in [0.717, 1.165) is 51.7 Å². The summed E-state index contributed by atoms with van der Waals surface area (Å²) in [6, 6.07) is 27.6. The molecule has 4 rings (SSSR count). The number of hydrogen-bond acceptors (Lipinski definition) is 2. The van der Waals surface area contributed by atoms with Crippen molar-refractivity contribution in [1.82, 2.24) is 4.90 Å². The van der Waals surface area contributed by atoms with Crippen LogP contribution in [0.5, 0.6) is 0 Å². The van der Waals surface area contributed by atoms with E-state index in [-0.39, 0.29) is 5.92 Å². The molecule has 0 saturated carbocycles. The standard InChI is InChI=1S/C36H46N2/c1-5-31-18-19-35(25-32(31)6-2)36(27-37,28(3)4)21-11-22-38(26-30-12-8-7-9-13-30)23-20-29-16-17-33-14-10-15-34(33)24-29/h7-9,12-13,16-19,24-25,28H,5-6,10-11,14-15,20-23,26H2,1-4H3. The van der Waals surface area contributed by atoms with Crippen LogP contribution < -0.4 is 0 Å². The SMILES string of the molecule is CCc1ccc(C(C#N)(CCCN(CCc2ccc3c(c2)CCC3)Cc2ccccc2)C(C)C)cc1CC. The van der Waals surface area contributed by atoms with Crippen molar-refractivity contribution < 1.29 is 0 Å². The van der Waals surface area contributed by atoms with E-state index in [1.807, 2.05) is 0 Å². The minimum Gasteiger partial charge on any atom is -0.299 e. The summed E-state index contributed by atoms with van der Waals surface area (Å²) in [4.78, 5) is 2.60. The number of nitriles is 1. The molecule has 2 heteroatoms. The van der Waals surface area contributed by atoms with Crippen LogP contribution >= 0.6 is 0 Å². The van der Waals surface area contributed by atoms with Gasteiger partial charge in [0, 0.05) is 13.1 Å². The molecule has 200 valence electrons. The van der Waals surface area contributed by atoms with Crippen LogP contribution in [-0.4, -0.2) is 18.0 Å². The second-order valence-electron chi connectivity index (χ2n) is 11.5. The summed E-state index contributed by atoms with van der Waals surface area (Å²) in [7, 11) is 0. The predicted octanol–water partition coefficient (Wildman–Crippen LogP) is 8.24. The van der Waals surface area contributed by atoms with Crippen molar-refractivity contribution in [2.24, 2.45) is 5.92 Å². The zero-order valence-corrected chi connectivity index (χ0v) is 24.1. The van der Waals surface area contributed by atoms with E-state index in [2.05, 4.69) is 105 Å². The smallest absolute Gasteiger partial charge is 0.0845 e. The van der Waals surface area contributed by atoms with Crippen molar-refractivity contribution in [3.05, 3.63) is 106 Å². The fourth-order valence-electron chi connectivity index (χ4n) is 6.35. The number of hydrogen-bond donors (Lipinski definition) is 0. The summed E-state index contributed by atoms with van der Waals surface area (Å²) in [6.07, 6.45) is 8.82. The van der Waals surface area contributed by atoms with Crippen molar-refractivity contribution >= 4 is 0 Å². The third kappa shape index (κ3) is 6.57. The van der Waals surface area contributed by atoms with Gasteiger partial charge < -0.3 is 0 Å². The lowest BCUT2D eigenvalue weighted by Crippen LogP contribution is -2.33. The monoisotopic (exact) mass is 506 g/mol. The maximum atomic E-state index is 10.6. The van der Waals surface area contributed by atoms with Crippen molar-refractivity contribution in [1.29, 1.82) is 5.26 Å². The highest BCUT2D eigenvalue weighted by Gasteiger charge is 2.36. The Kier molecular flexibility index (Phi) is 9.81. The second kappa shape index (κ2) is 13.3. The summed E-state index contributed by atoms with van der Waals surface area (Å²) in [6.45, 7) is 11.9. The van der Waals surface area contributed by atoms with Gasteiger partial charge in [-0.2, -0.15) is 5.26 Å². The van der Waals surface area contributed by atoms with Crippen LogP contribution in [0.1, 0.15) is 85.9 Å². The van der Waals surface area contributed by atoms with Gasteiger partial charge in [0.05, 0.1) is 11.5 Å². The first kappa shape index (κ1) is 28.1. The van der Waals surface area contributed by atoms with Gasteiger partial charge in [0.25, 0.3) is 0 Å². The quantitative estimate of drug-likeness (QED) is 0.233. The molecule has 0 aliphatic heterocycles. The van der Waals surface area contributed by atoms with E-state index in [4.69, 9.17) is 0 Å². The third-order valence-corrected chi connectivity index (χ3v) is 8.84. The molecule has 3 aromatic carbocycles. The Balaban J connectivity index is 1.48. The van der Waals surface area contributed by atoms with Crippen LogP contribution in [0, 0.1) is 17.2 Å². The molecule has 0 N–H and O–H groups in total. The van der Waals surface area contributed by atoms with Crippen LogP contribution in [0.4, 0.5) is 0 Å². The average molecular weight is 507 g/mol. The fraction of sp³-hybridized carbons (Fsp3) is 0.472. The molecule has 0 radical (unpaired) electrons. The average Bonchev–Trinajstić information content (AvgIpc) is 3.42. The van der Waals surface area contributed by atoms with E-state index in [1.165, 1.54) is 47.1 Å². The summed E-state index contributed by atoms with van der Waals surface area (Å²) in [5.74, 6) is 0.263. The van der Waals surface area contributed by atoms with Gasteiger partial charge in [-0.1, -0.05) is 94.4 Å². The van der Waals surface area contributed by atoms with Crippen molar-refractivity contribution in [3.63, 3.8) is 0 Å². The molecule has 2 nitrogen and oxygen atoms in total. The molecule has 0 heterocycles. The number of aryl methyl sites for hydroxylation is 4. The van der Waals surface area contributed by atoms with Gasteiger partial charge in [-0.25, -0.2) is 0 Å². The Labute approximate surface area is 231 Å². The van der Waals surface area contributed by atoms with Crippen LogP contribution in [-0.2, 0) is 44.1 Å². The maximum Gasteiger partial charge on any atom is 0.0845 e. The Morgan fingerprint density at radius 2 is 1.61 bits per heavy atom. The van der Waals surface area contributed by atoms with Gasteiger partial charge in [-0.3, -0.25) is 4.90 Å². The van der Waals surface area contributed by atoms with E-state index >= 15 is 0 Å². The zero-order chi connectivity index (χ0) is 27.0. The molecular formula is C36H46N2. The number of fused-ring (bicyclic) bond motifs is 1. The zero-order valence-electron chi connectivity index (χ0n) is 24.1. The van der Waals surface area contributed by atoms with Crippen molar-refractivity contribution in [3.8, 4) is 6.07 Å². The van der Waals surface area contributed by atoms with Gasteiger partial charge in [-0.15, -0.1) is 0 Å². The van der Waals surface area contributed by atoms with Gasteiger partial charge in [0.15, 0.2) is 0 Å². The summed E-state index contributed by atoms with van der Waals surface area (Å²) in [5, 5.41) is 10.6. The molecule has 1 aliphatic carbocycles. The van der Waals surface area contributed by atoms with Crippen LogP contribution in [0.2, 0.25) is 0 Å². The molecule has 0 fully saturated rings. The molecule has 0 spiro atoms. The normalized spacial score (nSPS) is 14.4. The van der Waals surface area contributed by atoms with Crippen molar-refractivity contribution in [2.75, 3.05) is 13.1 Å². The largest absolute Gasteiger partial charge is 0.299 e. The first-order valence-corrected chi connectivity index (χ1v) is 14.9. The highest BCUT2D eigenvalue weighted by Crippen LogP contribution is 2.38. The summed E-state index contributed by atoms with van der Waals surface area (Å²) < 4.78 is 0. The molecule has 3 aromatic rings. The highest BCUT2D eigenvalue weighted by atomic mass is 15.1. The summed E-state index contributed by atoms with van der Waals surface area (Å²) >= 11 is 0. The molecule has 38 heavy (non-hydrogen) atoms. The Morgan fingerprint density at radius 3 is 2.32 bits per heavy atom. The topological polar surface area (TPSA) is 27.0 Å². The van der Waals surface area contributed by atoms with Gasteiger partial charge >= 0.3 is 0 Å². The van der Waals surface area contributed by atoms with Crippen LogP contribution in [0.25, 0.3) is 0 Å². The molecule has 1 unspecified atom stereocenters. The third-order valence-electron chi connectivity index (χ3n) is 8.84. The van der Waals surface area contributed by atoms with E-state index in [1.54, 1.807) is 11.1 Å². The molecule has 1 atom stereocenters. The Bertz CT molecular complexity index is 1220. The lowest BCUT2D eigenvalue weighted by Gasteiger charge is -2.33.